The number of ether oxygens (including phenoxy) is 1. The number of aliphatic carboxylic acids is 1. The number of carboxylic acid groups (broad SMARTS) is 1. The van der Waals surface area contributed by atoms with E-state index in [9.17, 15) is 32.5 Å². The zero-order valence-corrected chi connectivity index (χ0v) is 33.9. The van der Waals surface area contributed by atoms with Crippen LogP contribution in [0, 0.1) is 12.8 Å². The molecule has 1 aromatic carbocycles. The molecule has 4 rings (SSSR count). The van der Waals surface area contributed by atoms with Gasteiger partial charge < -0.3 is 30.6 Å². The predicted octanol–water partition coefficient (Wildman–Crippen LogP) is 4.54. The number of carbonyl (C=O) groups excluding carboxylic acids is 2. The second kappa shape index (κ2) is 18.1. The summed E-state index contributed by atoms with van der Waals surface area (Å²) in [5.74, 6) is -2.58. The van der Waals surface area contributed by atoms with Gasteiger partial charge in [0.25, 0.3) is 17.8 Å². The van der Waals surface area contributed by atoms with Gasteiger partial charge in [0.2, 0.25) is 5.60 Å². The van der Waals surface area contributed by atoms with Crippen molar-refractivity contribution in [2.75, 3.05) is 20.6 Å². The number of amides is 2. The van der Waals surface area contributed by atoms with E-state index in [1.807, 2.05) is 12.1 Å². The van der Waals surface area contributed by atoms with E-state index >= 15 is 0 Å². The summed E-state index contributed by atoms with van der Waals surface area (Å²) in [6, 6.07) is 2.87. The SMILES string of the molecule is C=C[C@@H]1CCC(C)=C[C@H]1c1c(C)cc(CCCCC)cc1O/C(=N\C)N(C)C/C=C1\[C@H](NC(=O)/C(=N\OC(C)(C)C(=O)O)C2=CCC(N)=N2)C(=O)N1S(=O)(=O)O. The molecule has 2 heterocycles. The number of oxime groups is 1. The van der Waals surface area contributed by atoms with E-state index in [4.69, 9.17) is 15.3 Å². The summed E-state index contributed by atoms with van der Waals surface area (Å²) < 4.78 is 41.3. The number of aliphatic imine (C=N–C) groups is 2. The number of nitrogens with zero attached hydrogens (tertiary/aromatic N) is 5. The van der Waals surface area contributed by atoms with Crippen molar-refractivity contribution in [3.05, 3.63) is 76.7 Å². The first-order chi connectivity index (χ1) is 26.3. The average molecular weight is 796 g/mol. The number of β-lactam (4-membered cyclic amide) rings is 1. The number of nitrogens with one attached hydrogen (secondary N) is 1. The highest BCUT2D eigenvalue weighted by molar-refractivity contribution is 7.84. The Hall–Kier alpha value is -5.29. The van der Waals surface area contributed by atoms with Crippen LogP contribution in [-0.2, 0) is 35.9 Å². The predicted molar refractivity (Wildman–Crippen MR) is 213 cm³/mol. The van der Waals surface area contributed by atoms with Gasteiger partial charge in [-0.15, -0.1) is 6.58 Å². The van der Waals surface area contributed by atoms with Crippen molar-refractivity contribution in [1.29, 1.82) is 0 Å². The zero-order valence-electron chi connectivity index (χ0n) is 33.0. The Morgan fingerprint density at radius 2 is 1.96 bits per heavy atom. The molecular weight excluding hydrogens is 743 g/mol. The lowest BCUT2D eigenvalue weighted by Crippen LogP contribution is -2.64. The van der Waals surface area contributed by atoms with Crippen LogP contribution in [0.4, 0.5) is 0 Å². The van der Waals surface area contributed by atoms with Crippen LogP contribution in [-0.4, -0.2) is 94.9 Å². The van der Waals surface area contributed by atoms with Crippen LogP contribution in [0.3, 0.4) is 0 Å². The fraction of sp³-hybridized carbons (Fsp3) is 0.487. The molecule has 0 spiro atoms. The number of hydrogen-bond acceptors (Lipinski definition) is 11. The highest BCUT2D eigenvalue weighted by Crippen LogP contribution is 2.43. The third kappa shape index (κ3) is 10.1. The molecule has 16 nitrogen and oxygen atoms in total. The highest BCUT2D eigenvalue weighted by Gasteiger charge is 2.50. The maximum atomic E-state index is 13.5. The maximum absolute atomic E-state index is 13.5. The Morgan fingerprint density at radius 3 is 2.55 bits per heavy atom. The minimum atomic E-state index is -5.09. The van der Waals surface area contributed by atoms with Crippen molar-refractivity contribution in [2.45, 2.75) is 97.1 Å². The van der Waals surface area contributed by atoms with E-state index in [1.165, 1.54) is 31.6 Å². The van der Waals surface area contributed by atoms with Crippen LogP contribution in [0.5, 0.6) is 5.75 Å². The van der Waals surface area contributed by atoms with E-state index in [2.05, 4.69) is 59.9 Å². The third-order valence-electron chi connectivity index (χ3n) is 9.79. The number of allylic oxidation sites excluding steroid dienone is 3. The monoisotopic (exact) mass is 795 g/mol. The molecule has 17 heteroatoms. The molecule has 5 N–H and O–H groups in total. The molecule has 3 atom stereocenters. The number of unbranched alkanes of at least 4 members (excludes halogenated alkanes) is 2. The summed E-state index contributed by atoms with van der Waals surface area (Å²) in [5.41, 5.74) is 7.61. The van der Waals surface area contributed by atoms with Gasteiger partial charge in [0.1, 0.15) is 11.6 Å². The maximum Gasteiger partial charge on any atom is 0.366 e. The number of rotatable bonds is 16. The van der Waals surface area contributed by atoms with Gasteiger partial charge in [-0.1, -0.05) is 48.7 Å². The van der Waals surface area contributed by atoms with Crippen LogP contribution >= 0.6 is 0 Å². The summed E-state index contributed by atoms with van der Waals surface area (Å²) in [5, 5.41) is 15.6. The number of nitrogens with two attached hydrogens (primary N) is 1. The van der Waals surface area contributed by atoms with E-state index in [0.717, 1.165) is 55.2 Å². The van der Waals surface area contributed by atoms with E-state index in [0.29, 0.717) is 5.75 Å². The van der Waals surface area contributed by atoms with Crippen LogP contribution in [0.1, 0.15) is 88.8 Å². The Morgan fingerprint density at radius 1 is 1.25 bits per heavy atom. The molecule has 0 bridgehead atoms. The Labute approximate surface area is 328 Å². The molecule has 1 aromatic rings. The number of hydrogen-bond donors (Lipinski definition) is 4. The lowest BCUT2D eigenvalue weighted by atomic mass is 9.75. The summed E-state index contributed by atoms with van der Waals surface area (Å²) in [6.45, 7) is 12.8. The first-order valence-corrected chi connectivity index (χ1v) is 19.9. The fourth-order valence-corrected chi connectivity index (χ4v) is 7.41. The van der Waals surface area contributed by atoms with Crippen LogP contribution in [0.15, 0.2) is 75.1 Å². The van der Waals surface area contributed by atoms with Crippen LogP contribution < -0.4 is 15.8 Å². The minimum Gasteiger partial charge on any atom is -0.478 e. The molecule has 0 radical (unpaired) electrons. The molecular formula is C39H53N7O9S. The molecule has 304 valence electrons. The zero-order chi connectivity index (χ0) is 41.5. The van der Waals surface area contributed by atoms with Crippen molar-refractivity contribution < 1.29 is 42.0 Å². The largest absolute Gasteiger partial charge is 0.478 e. The van der Waals surface area contributed by atoms with Crippen molar-refractivity contribution in [2.24, 2.45) is 26.8 Å². The first kappa shape index (κ1) is 43.4. The quantitative estimate of drug-likeness (QED) is 0.0346. The van der Waals surface area contributed by atoms with E-state index in [-0.39, 0.29) is 52.4 Å². The number of benzene rings is 1. The van der Waals surface area contributed by atoms with Gasteiger partial charge >= 0.3 is 16.3 Å². The van der Waals surface area contributed by atoms with Crippen molar-refractivity contribution in [1.82, 2.24) is 14.5 Å². The molecule has 0 saturated carbocycles. The number of likely N-dealkylation sites (N-methyl/N-ethyl adjacent to an activating group) is 1. The third-order valence-corrected chi connectivity index (χ3v) is 10.6. The van der Waals surface area contributed by atoms with Crippen molar-refractivity contribution in [3.63, 3.8) is 0 Å². The summed E-state index contributed by atoms with van der Waals surface area (Å²) in [7, 11) is -1.88. The lowest BCUT2D eigenvalue weighted by Gasteiger charge is -2.38. The summed E-state index contributed by atoms with van der Waals surface area (Å²) in [4.78, 5) is 53.4. The normalized spacial score (nSPS) is 21.2. The van der Waals surface area contributed by atoms with Gasteiger partial charge in [-0.3, -0.25) is 14.1 Å². The van der Waals surface area contributed by atoms with Gasteiger partial charge in [0.05, 0.1) is 11.4 Å². The molecule has 0 unspecified atom stereocenters. The molecule has 1 fully saturated rings. The Bertz CT molecular complexity index is 2030. The summed E-state index contributed by atoms with van der Waals surface area (Å²) in [6.07, 6.45) is 13.2. The Balaban J connectivity index is 1.65. The van der Waals surface area contributed by atoms with E-state index in [1.54, 1.807) is 19.0 Å². The minimum absolute atomic E-state index is 0.0244. The summed E-state index contributed by atoms with van der Waals surface area (Å²) >= 11 is 0. The standard InChI is InChI=1S/C39H53N7O9S/c1-9-11-12-13-25-21-24(4)32(27-20-23(3)14-15-26(27)10-2)30(22-25)54-38(41-7)45(8)19-18-29-34(36(48)46(29)56(51,52)53)43-35(47)33(28-16-17-31(40)42-28)44-55-39(5,6)37(49)50/h10,16,18,20-22,26-27,34H,2,9,11-15,17,19H2,1,3-8H3,(H2,40,42)(H,43,47)(H,49,50)(H,51,52,53)/b29-18+,41-38-,44-33-/t26-,27-,34+/m1/s1. The Kier molecular flexibility index (Phi) is 14.0. The second-order valence-corrected chi connectivity index (χ2v) is 15.9. The average Bonchev–Trinajstić information content (AvgIpc) is 3.55. The molecule has 56 heavy (non-hydrogen) atoms. The topological polar surface area (TPSA) is 226 Å². The van der Waals surface area contributed by atoms with E-state index < -0.39 is 45.4 Å². The molecule has 2 amide bonds. The number of carboxylic acids is 1. The van der Waals surface area contributed by atoms with Crippen molar-refractivity contribution >= 4 is 45.7 Å². The number of amidine groups is 2. The van der Waals surface area contributed by atoms with Crippen LogP contribution in [0.25, 0.3) is 0 Å². The van der Waals surface area contributed by atoms with Gasteiger partial charge in [-0.25, -0.2) is 14.8 Å². The number of carbonyl (C=O) groups is 3. The fourth-order valence-electron chi connectivity index (χ4n) is 6.63. The number of aryl methyl sites for hydroxylation is 2. The van der Waals surface area contributed by atoms with Crippen LogP contribution in [0.2, 0.25) is 0 Å². The first-order valence-electron chi connectivity index (χ1n) is 18.5. The van der Waals surface area contributed by atoms with Gasteiger partial charge in [0, 0.05) is 38.5 Å². The lowest BCUT2D eigenvalue weighted by molar-refractivity contribution is -0.161. The molecule has 1 saturated heterocycles. The molecule has 1 aliphatic carbocycles. The van der Waals surface area contributed by atoms with Gasteiger partial charge in [0.15, 0.2) is 11.8 Å². The second-order valence-electron chi connectivity index (χ2n) is 14.6. The molecule has 2 aliphatic heterocycles. The van der Waals surface area contributed by atoms with Crippen molar-refractivity contribution in [3.8, 4) is 5.75 Å². The molecule has 0 aromatic heterocycles. The smallest absolute Gasteiger partial charge is 0.366 e. The molecule has 3 aliphatic rings. The van der Waals surface area contributed by atoms with Gasteiger partial charge in [-0.05, 0) is 88.6 Å². The highest BCUT2D eigenvalue weighted by atomic mass is 32.2. The van der Waals surface area contributed by atoms with Gasteiger partial charge in [-0.2, -0.15) is 12.7 Å².